The highest BCUT2D eigenvalue weighted by molar-refractivity contribution is 7.14. The lowest BCUT2D eigenvalue weighted by atomic mass is 10.1. The Bertz CT molecular complexity index is 890. The van der Waals surface area contributed by atoms with Gasteiger partial charge in [-0.25, -0.2) is 4.98 Å². The van der Waals surface area contributed by atoms with Crippen molar-refractivity contribution in [2.75, 3.05) is 0 Å². The van der Waals surface area contributed by atoms with Crippen molar-refractivity contribution >= 4 is 34.3 Å². The Kier molecular flexibility index (Phi) is 4.54. The fraction of sp³-hybridized carbons (Fsp3) is 0.0667. The van der Waals surface area contributed by atoms with E-state index in [1.165, 1.54) is 17.4 Å². The molecule has 0 aliphatic heterocycles. The Hall–Kier alpha value is -2.78. The van der Waals surface area contributed by atoms with Crippen molar-refractivity contribution in [3.63, 3.8) is 0 Å². The van der Waals surface area contributed by atoms with E-state index in [0.29, 0.717) is 0 Å². The van der Waals surface area contributed by atoms with Crippen LogP contribution < -0.4 is 10.4 Å². The molecule has 9 heteroatoms. The maximum Gasteiger partial charge on any atom is 0.271 e. The number of nitrogens with zero attached hydrogens (tertiary/aromatic N) is 2. The summed E-state index contributed by atoms with van der Waals surface area (Å²) >= 11 is 2.89. The summed E-state index contributed by atoms with van der Waals surface area (Å²) in [6, 6.07) is 5.34. The van der Waals surface area contributed by atoms with Gasteiger partial charge in [-0.2, -0.15) is 11.3 Å². The van der Waals surface area contributed by atoms with Gasteiger partial charge in [0.05, 0.1) is 4.92 Å². The minimum absolute atomic E-state index is 0.0926. The number of carbonyl (C=O) groups excluding carboxylic acids is 1. The average Bonchev–Trinajstić information content (AvgIpc) is 3.24. The Morgan fingerprint density at radius 3 is 2.83 bits per heavy atom. The molecule has 0 saturated heterocycles. The Morgan fingerprint density at radius 1 is 1.29 bits per heavy atom. The minimum Gasteiger partial charge on any atom is -0.872 e. The highest BCUT2D eigenvalue weighted by atomic mass is 32.1. The number of non-ortho nitro benzene ring substituents is 1. The molecule has 1 aromatic carbocycles. The number of thiazole rings is 1. The van der Waals surface area contributed by atoms with E-state index in [2.05, 4.69) is 10.3 Å². The third kappa shape index (κ3) is 3.42. The van der Waals surface area contributed by atoms with Gasteiger partial charge < -0.3 is 10.4 Å². The third-order valence-corrected chi connectivity index (χ3v) is 4.77. The quantitative estimate of drug-likeness (QED) is 0.556. The van der Waals surface area contributed by atoms with Crippen molar-refractivity contribution in [1.82, 2.24) is 10.3 Å². The minimum atomic E-state index is -0.585. The van der Waals surface area contributed by atoms with Crippen LogP contribution in [0.15, 0.2) is 40.4 Å². The molecule has 3 rings (SSSR count). The summed E-state index contributed by atoms with van der Waals surface area (Å²) in [7, 11) is 0. The second kappa shape index (κ2) is 6.77. The normalized spacial score (nSPS) is 10.5. The number of nitrogens with one attached hydrogen (secondary N) is 1. The summed E-state index contributed by atoms with van der Waals surface area (Å²) in [5.74, 6) is -0.795. The lowest BCUT2D eigenvalue weighted by Gasteiger charge is -2.13. The van der Waals surface area contributed by atoms with Crippen molar-refractivity contribution in [3.8, 4) is 16.3 Å². The van der Waals surface area contributed by atoms with Crippen LogP contribution in [-0.4, -0.2) is 15.8 Å². The molecule has 0 fully saturated rings. The molecular formula is C15H10N3O4S2-. The maximum absolute atomic E-state index is 12.1. The molecule has 0 spiro atoms. The predicted octanol–water partition coefficient (Wildman–Crippen LogP) is 2.78. The molecule has 122 valence electrons. The topological polar surface area (TPSA) is 108 Å². The van der Waals surface area contributed by atoms with Crippen molar-refractivity contribution in [2.24, 2.45) is 0 Å². The summed E-state index contributed by atoms with van der Waals surface area (Å²) in [4.78, 5) is 26.6. The SMILES string of the molecule is O=C(NCc1cc([N+](=O)[O-])ccc1[O-])c1csc(-c2ccsc2)n1. The first-order valence-corrected chi connectivity index (χ1v) is 8.57. The van der Waals surface area contributed by atoms with E-state index in [9.17, 15) is 20.0 Å². The standard InChI is InChI=1S/C15H11N3O4S2/c19-13-2-1-11(18(21)22)5-10(13)6-16-14(20)12-8-24-15(17-12)9-3-4-23-7-9/h1-5,7-8,19H,6H2,(H,16,20)/p-1. The number of thiophene rings is 1. The molecule has 2 heterocycles. The highest BCUT2D eigenvalue weighted by Gasteiger charge is 2.13. The van der Waals surface area contributed by atoms with E-state index in [-0.39, 0.29) is 29.2 Å². The van der Waals surface area contributed by atoms with Crippen molar-refractivity contribution in [2.45, 2.75) is 6.54 Å². The van der Waals surface area contributed by atoms with E-state index in [1.807, 2.05) is 16.8 Å². The van der Waals surface area contributed by atoms with Crippen LogP contribution in [0.3, 0.4) is 0 Å². The van der Waals surface area contributed by atoms with Crippen LogP contribution in [0.4, 0.5) is 5.69 Å². The molecule has 0 atom stereocenters. The van der Waals surface area contributed by atoms with Crippen LogP contribution in [0.1, 0.15) is 16.1 Å². The van der Waals surface area contributed by atoms with Gasteiger partial charge in [-0.3, -0.25) is 14.9 Å². The summed E-state index contributed by atoms with van der Waals surface area (Å²) < 4.78 is 0. The smallest absolute Gasteiger partial charge is 0.271 e. The Balaban J connectivity index is 1.70. The largest absolute Gasteiger partial charge is 0.872 e. The van der Waals surface area contributed by atoms with Crippen molar-refractivity contribution in [1.29, 1.82) is 0 Å². The van der Waals surface area contributed by atoms with Gasteiger partial charge in [-0.1, -0.05) is 6.07 Å². The molecule has 1 N–H and O–H groups in total. The molecular weight excluding hydrogens is 350 g/mol. The molecule has 3 aromatic rings. The second-order valence-electron chi connectivity index (χ2n) is 4.78. The summed E-state index contributed by atoms with van der Waals surface area (Å²) in [5, 5.41) is 31.3. The van der Waals surface area contributed by atoms with Gasteiger partial charge in [-0.15, -0.1) is 17.1 Å². The molecule has 0 bridgehead atoms. The molecule has 24 heavy (non-hydrogen) atoms. The van der Waals surface area contributed by atoms with Crippen molar-refractivity contribution in [3.05, 3.63) is 61.8 Å². The molecule has 1 amide bonds. The Morgan fingerprint density at radius 2 is 2.12 bits per heavy atom. The number of amides is 1. The van der Waals surface area contributed by atoms with E-state index < -0.39 is 10.8 Å². The molecule has 7 nitrogen and oxygen atoms in total. The summed E-state index contributed by atoms with van der Waals surface area (Å²) in [5.41, 5.74) is 1.17. The fourth-order valence-electron chi connectivity index (χ4n) is 1.98. The van der Waals surface area contributed by atoms with Crippen LogP contribution in [0.2, 0.25) is 0 Å². The van der Waals surface area contributed by atoms with Gasteiger partial charge in [0.1, 0.15) is 10.7 Å². The lowest BCUT2D eigenvalue weighted by Crippen LogP contribution is -2.23. The van der Waals surface area contributed by atoms with Crippen LogP contribution in [-0.2, 0) is 6.54 Å². The van der Waals surface area contributed by atoms with E-state index in [1.54, 1.807) is 16.7 Å². The highest BCUT2D eigenvalue weighted by Crippen LogP contribution is 2.26. The van der Waals surface area contributed by atoms with Gasteiger partial charge in [0.25, 0.3) is 11.6 Å². The number of benzene rings is 1. The third-order valence-electron chi connectivity index (χ3n) is 3.20. The van der Waals surface area contributed by atoms with Crippen LogP contribution in [0, 0.1) is 10.1 Å². The number of nitro benzene ring substituents is 1. The maximum atomic E-state index is 12.1. The number of aromatic nitrogens is 1. The lowest BCUT2D eigenvalue weighted by molar-refractivity contribution is -0.385. The predicted molar refractivity (Wildman–Crippen MR) is 89.1 cm³/mol. The first kappa shape index (κ1) is 16.1. The fourth-order valence-corrected chi connectivity index (χ4v) is 3.49. The van der Waals surface area contributed by atoms with E-state index in [4.69, 9.17) is 0 Å². The van der Waals surface area contributed by atoms with E-state index in [0.717, 1.165) is 22.7 Å². The molecule has 0 aliphatic rings. The zero-order chi connectivity index (χ0) is 17.1. The number of hydrogen-bond donors (Lipinski definition) is 1. The number of hydrogen-bond acceptors (Lipinski definition) is 7. The molecule has 0 aliphatic carbocycles. The Labute approximate surface area is 144 Å². The van der Waals surface area contributed by atoms with Gasteiger partial charge in [-0.05, 0) is 17.0 Å². The van der Waals surface area contributed by atoms with Crippen LogP contribution >= 0.6 is 22.7 Å². The first-order valence-electron chi connectivity index (χ1n) is 6.75. The van der Waals surface area contributed by atoms with Crippen molar-refractivity contribution < 1.29 is 14.8 Å². The number of rotatable bonds is 5. The van der Waals surface area contributed by atoms with Gasteiger partial charge in [0, 0.05) is 35.0 Å². The summed E-state index contributed by atoms with van der Waals surface area (Å²) in [6.45, 7) is -0.0926. The van der Waals surface area contributed by atoms with Gasteiger partial charge >= 0.3 is 0 Å². The van der Waals surface area contributed by atoms with E-state index >= 15 is 0 Å². The molecule has 0 radical (unpaired) electrons. The zero-order valence-corrected chi connectivity index (χ0v) is 13.7. The van der Waals surface area contributed by atoms with Gasteiger partial charge in [0.2, 0.25) is 0 Å². The first-order chi connectivity index (χ1) is 11.5. The molecule has 0 unspecified atom stereocenters. The van der Waals surface area contributed by atoms with Gasteiger partial charge in [0.15, 0.2) is 0 Å². The monoisotopic (exact) mass is 360 g/mol. The zero-order valence-electron chi connectivity index (χ0n) is 12.1. The van der Waals surface area contributed by atoms with Crippen LogP contribution in [0.5, 0.6) is 5.75 Å². The average molecular weight is 360 g/mol. The number of nitro groups is 1. The summed E-state index contributed by atoms with van der Waals surface area (Å²) in [6.07, 6.45) is 0. The second-order valence-corrected chi connectivity index (χ2v) is 6.42. The molecule has 0 saturated carbocycles. The molecule has 2 aromatic heterocycles. The number of carbonyl (C=O) groups is 1. The van der Waals surface area contributed by atoms with Crippen LogP contribution in [0.25, 0.3) is 10.6 Å².